The SMILES string of the molecule is Cc1c[c-]c(-c2cc(C)c(C)cn2)cc1.Cc1ccc(-c2[c-]ccc3c4c(oc23)CCCC4)nc1.[Ir]. The number of fused-ring (bicyclic) bond motifs is 3. The van der Waals surface area contributed by atoms with E-state index < -0.39 is 0 Å². The molecule has 0 unspecified atom stereocenters. The Hall–Kier alpha value is -3.07. The van der Waals surface area contributed by atoms with Gasteiger partial charge in [-0.1, -0.05) is 41.6 Å². The quantitative estimate of drug-likeness (QED) is 0.182. The standard InChI is InChI=1S/C18H16NO.C14H14N.Ir/c1-12-9-10-16(19-11-12)15-7-4-6-14-13-5-2-3-8-17(13)20-18(14)15;1-10-4-6-13(7-5-10)14-8-11(2)12(3)9-15-14;/h4,6,9-11H,2-3,5,8H2,1H3;4-6,8-9H,1-3H3;/q2*-1;. The van der Waals surface area contributed by atoms with Crippen molar-refractivity contribution in [1.29, 1.82) is 0 Å². The van der Waals surface area contributed by atoms with E-state index in [4.69, 9.17) is 4.42 Å². The summed E-state index contributed by atoms with van der Waals surface area (Å²) in [6.07, 6.45) is 8.49. The van der Waals surface area contributed by atoms with Gasteiger partial charge in [-0.05, 0) is 68.1 Å². The molecule has 0 amide bonds. The Labute approximate surface area is 227 Å². The van der Waals surface area contributed by atoms with Crippen molar-refractivity contribution in [2.45, 2.75) is 53.4 Å². The molecule has 0 atom stereocenters. The molecule has 2 aromatic carbocycles. The maximum absolute atomic E-state index is 6.14. The molecular formula is C32H30IrN2O-2. The number of pyridine rings is 2. The molecular weight excluding hydrogens is 621 g/mol. The van der Waals surface area contributed by atoms with E-state index in [-0.39, 0.29) is 20.1 Å². The molecule has 36 heavy (non-hydrogen) atoms. The van der Waals surface area contributed by atoms with E-state index in [2.05, 4.69) is 73.2 Å². The Kier molecular flexibility index (Phi) is 8.18. The van der Waals surface area contributed by atoms with E-state index in [0.29, 0.717) is 0 Å². The smallest absolute Gasteiger partial charge is 0.0930 e. The van der Waals surface area contributed by atoms with E-state index >= 15 is 0 Å². The number of hydrogen-bond donors (Lipinski definition) is 0. The van der Waals surface area contributed by atoms with Crippen molar-refractivity contribution in [1.82, 2.24) is 9.97 Å². The third-order valence-electron chi connectivity index (χ3n) is 6.70. The van der Waals surface area contributed by atoms with Crippen LogP contribution in [0.4, 0.5) is 0 Å². The summed E-state index contributed by atoms with van der Waals surface area (Å²) in [4.78, 5) is 8.92. The Morgan fingerprint density at radius 3 is 2.28 bits per heavy atom. The van der Waals surface area contributed by atoms with Crippen LogP contribution in [0.15, 0.2) is 65.3 Å². The molecule has 5 aromatic rings. The van der Waals surface area contributed by atoms with Crippen LogP contribution < -0.4 is 0 Å². The zero-order valence-corrected chi connectivity index (χ0v) is 23.6. The fraction of sp³-hybridized carbons (Fsp3) is 0.250. The summed E-state index contributed by atoms with van der Waals surface area (Å²) < 4.78 is 6.14. The largest absolute Gasteiger partial charge is 0.505 e. The number of rotatable bonds is 2. The zero-order valence-electron chi connectivity index (χ0n) is 21.2. The van der Waals surface area contributed by atoms with E-state index in [1.165, 1.54) is 51.8 Å². The molecule has 3 heterocycles. The second kappa shape index (κ2) is 11.3. The van der Waals surface area contributed by atoms with Crippen LogP contribution in [0.2, 0.25) is 0 Å². The minimum absolute atomic E-state index is 0. The summed E-state index contributed by atoms with van der Waals surface area (Å²) in [7, 11) is 0. The summed E-state index contributed by atoms with van der Waals surface area (Å²) in [5, 5.41) is 1.25. The summed E-state index contributed by atoms with van der Waals surface area (Å²) in [6.45, 7) is 8.29. The molecule has 1 aliphatic carbocycles. The molecule has 0 aliphatic heterocycles. The fourth-order valence-electron chi connectivity index (χ4n) is 4.47. The number of aryl methyl sites for hydroxylation is 6. The van der Waals surface area contributed by atoms with Gasteiger partial charge in [-0.25, -0.2) is 0 Å². The third-order valence-corrected chi connectivity index (χ3v) is 6.70. The predicted octanol–water partition coefficient (Wildman–Crippen LogP) is 7.95. The fourth-order valence-corrected chi connectivity index (χ4v) is 4.47. The molecule has 3 aromatic heterocycles. The number of aromatic nitrogens is 2. The van der Waals surface area contributed by atoms with Crippen LogP contribution >= 0.6 is 0 Å². The van der Waals surface area contributed by atoms with Crippen LogP contribution in [0.25, 0.3) is 33.5 Å². The van der Waals surface area contributed by atoms with Crippen LogP contribution in [0.1, 0.15) is 46.4 Å². The van der Waals surface area contributed by atoms with Gasteiger partial charge in [0, 0.05) is 38.9 Å². The Balaban J connectivity index is 0.000000172. The first kappa shape index (κ1) is 26.0. The molecule has 1 aliphatic rings. The van der Waals surface area contributed by atoms with E-state index in [1.807, 2.05) is 37.5 Å². The molecule has 0 spiro atoms. The molecule has 0 fully saturated rings. The van der Waals surface area contributed by atoms with E-state index in [0.717, 1.165) is 40.9 Å². The molecule has 0 saturated carbocycles. The number of benzene rings is 2. The number of hydrogen-bond acceptors (Lipinski definition) is 3. The predicted molar refractivity (Wildman–Crippen MR) is 142 cm³/mol. The monoisotopic (exact) mass is 651 g/mol. The average Bonchev–Trinajstić information content (AvgIpc) is 3.26. The van der Waals surface area contributed by atoms with Crippen molar-refractivity contribution in [3.05, 3.63) is 107 Å². The molecule has 6 rings (SSSR count). The number of nitrogens with zero attached hydrogens (tertiary/aromatic N) is 2. The van der Waals surface area contributed by atoms with Crippen molar-refractivity contribution in [2.24, 2.45) is 0 Å². The van der Waals surface area contributed by atoms with Crippen LogP contribution in [-0.4, -0.2) is 9.97 Å². The summed E-state index contributed by atoms with van der Waals surface area (Å²) in [5.74, 6) is 1.17. The minimum atomic E-state index is 0. The van der Waals surface area contributed by atoms with Gasteiger partial charge in [0.1, 0.15) is 0 Å². The first-order valence-electron chi connectivity index (χ1n) is 12.3. The molecule has 3 nitrogen and oxygen atoms in total. The van der Waals surface area contributed by atoms with Gasteiger partial charge in [0.05, 0.1) is 11.3 Å². The first-order valence-corrected chi connectivity index (χ1v) is 12.3. The van der Waals surface area contributed by atoms with Crippen molar-refractivity contribution >= 4 is 11.0 Å². The van der Waals surface area contributed by atoms with Gasteiger partial charge in [-0.3, -0.25) is 0 Å². The van der Waals surface area contributed by atoms with Gasteiger partial charge in [-0.2, -0.15) is 0 Å². The average molecular weight is 651 g/mol. The van der Waals surface area contributed by atoms with Crippen molar-refractivity contribution in [3.8, 4) is 22.5 Å². The van der Waals surface area contributed by atoms with E-state index in [9.17, 15) is 0 Å². The summed E-state index contributed by atoms with van der Waals surface area (Å²) >= 11 is 0. The van der Waals surface area contributed by atoms with Crippen LogP contribution in [0.5, 0.6) is 0 Å². The molecule has 0 N–H and O–H groups in total. The van der Waals surface area contributed by atoms with Gasteiger partial charge < -0.3 is 14.4 Å². The maximum atomic E-state index is 6.14. The van der Waals surface area contributed by atoms with Gasteiger partial charge in [0.2, 0.25) is 0 Å². The van der Waals surface area contributed by atoms with Gasteiger partial charge in [-0.15, -0.1) is 53.6 Å². The summed E-state index contributed by atoms with van der Waals surface area (Å²) in [6, 6.07) is 23.0. The molecule has 185 valence electrons. The van der Waals surface area contributed by atoms with E-state index in [1.54, 1.807) is 0 Å². The van der Waals surface area contributed by atoms with Crippen molar-refractivity contribution in [2.75, 3.05) is 0 Å². The zero-order chi connectivity index (χ0) is 24.4. The molecule has 1 radical (unpaired) electrons. The minimum Gasteiger partial charge on any atom is -0.505 e. The van der Waals surface area contributed by atoms with Crippen LogP contribution in [0, 0.1) is 39.8 Å². The Morgan fingerprint density at radius 1 is 0.778 bits per heavy atom. The van der Waals surface area contributed by atoms with Gasteiger partial charge in [0.15, 0.2) is 0 Å². The second-order valence-corrected chi connectivity index (χ2v) is 9.46. The maximum Gasteiger partial charge on any atom is 0.0930 e. The summed E-state index contributed by atoms with van der Waals surface area (Å²) in [5.41, 5.74) is 11.2. The van der Waals surface area contributed by atoms with Crippen molar-refractivity contribution in [3.63, 3.8) is 0 Å². The Bertz CT molecular complexity index is 1470. The van der Waals surface area contributed by atoms with Crippen molar-refractivity contribution < 1.29 is 24.5 Å². The van der Waals surface area contributed by atoms with Gasteiger partial charge >= 0.3 is 0 Å². The normalized spacial score (nSPS) is 12.3. The molecule has 4 heteroatoms. The first-order chi connectivity index (χ1) is 17.0. The topological polar surface area (TPSA) is 38.9 Å². The molecule has 0 bridgehead atoms. The number of furan rings is 1. The van der Waals surface area contributed by atoms with Crippen LogP contribution in [0.3, 0.4) is 0 Å². The van der Waals surface area contributed by atoms with Crippen LogP contribution in [-0.2, 0) is 32.9 Å². The van der Waals surface area contributed by atoms with Gasteiger partial charge in [0.25, 0.3) is 0 Å². The third kappa shape index (κ3) is 5.51. The Morgan fingerprint density at radius 2 is 1.56 bits per heavy atom. The molecule has 0 saturated heterocycles. The second-order valence-electron chi connectivity index (χ2n) is 9.46.